The summed E-state index contributed by atoms with van der Waals surface area (Å²) in [5, 5.41) is 3.68. The summed E-state index contributed by atoms with van der Waals surface area (Å²) in [6.07, 6.45) is -1.74. The van der Waals surface area contributed by atoms with Crippen LogP contribution in [0.3, 0.4) is 0 Å². The number of rotatable bonds is 5. The third-order valence-electron chi connectivity index (χ3n) is 6.40. The predicted octanol–water partition coefficient (Wildman–Crippen LogP) is 2.65. The second-order valence-electron chi connectivity index (χ2n) is 8.34. The maximum Gasteiger partial charge on any atom is 0.408 e. The molecule has 174 valence electrons. The highest BCUT2D eigenvalue weighted by Gasteiger charge is 2.67. The second kappa shape index (κ2) is 7.22. The third-order valence-corrected chi connectivity index (χ3v) is 6.40. The van der Waals surface area contributed by atoms with Crippen LogP contribution in [0.25, 0.3) is 22.9 Å². The van der Waals surface area contributed by atoms with E-state index in [1.807, 2.05) is 13.8 Å². The molecule has 1 saturated carbocycles. The van der Waals surface area contributed by atoms with E-state index in [1.54, 1.807) is 29.0 Å². The van der Waals surface area contributed by atoms with Crippen LogP contribution in [0.2, 0.25) is 0 Å². The highest BCUT2D eigenvalue weighted by molar-refractivity contribution is 5.88. The van der Waals surface area contributed by atoms with Crippen molar-refractivity contribution < 1.29 is 27.4 Å². The van der Waals surface area contributed by atoms with Crippen molar-refractivity contribution in [2.45, 2.75) is 38.7 Å². The van der Waals surface area contributed by atoms with Crippen LogP contribution >= 0.6 is 0 Å². The predicted molar refractivity (Wildman–Crippen MR) is 109 cm³/mol. The second-order valence-corrected chi connectivity index (χ2v) is 8.34. The molecule has 2 aromatic heterocycles. The van der Waals surface area contributed by atoms with Crippen LogP contribution in [-0.4, -0.2) is 48.6 Å². The molecule has 2 N–H and O–H groups in total. The molecular formula is C21H21F3N6O3. The number of hydrogen-bond acceptors (Lipinski definition) is 6. The molecule has 5 rings (SSSR count). The molecule has 2 atom stereocenters. The molecule has 0 spiro atoms. The van der Waals surface area contributed by atoms with Gasteiger partial charge >= 0.3 is 6.18 Å². The summed E-state index contributed by atoms with van der Waals surface area (Å²) in [6.45, 7) is 3.29. The number of ether oxygens (including phenoxy) is 2. The highest BCUT2D eigenvalue weighted by atomic mass is 19.4. The maximum atomic E-state index is 12.9. The number of aromatic nitrogens is 5. The monoisotopic (exact) mass is 462 g/mol. The molecule has 1 aliphatic heterocycles. The van der Waals surface area contributed by atoms with Gasteiger partial charge in [-0.25, -0.2) is 14.6 Å². The van der Waals surface area contributed by atoms with Crippen LogP contribution in [-0.2, 0) is 17.9 Å². The van der Waals surface area contributed by atoms with Crippen LogP contribution in [0, 0.1) is 11.8 Å². The van der Waals surface area contributed by atoms with Gasteiger partial charge in [0, 0.05) is 24.1 Å². The SMILES string of the molecule is CC1C(C)C1(Oc1ccc2c(c1)OCCn1cc(-c3ncnn3CC(F)(F)F)nc1-2)C(N)=O. The minimum absolute atomic E-state index is 0.00904. The first-order chi connectivity index (χ1) is 15.6. The Hall–Kier alpha value is -3.57. The summed E-state index contributed by atoms with van der Waals surface area (Å²) < 4.78 is 53.1. The molecule has 0 saturated heterocycles. The lowest BCUT2D eigenvalue weighted by Gasteiger charge is -2.18. The average Bonchev–Trinajstić information content (AvgIpc) is 3.07. The van der Waals surface area contributed by atoms with Crippen molar-refractivity contribution in [3.63, 3.8) is 0 Å². The van der Waals surface area contributed by atoms with E-state index in [4.69, 9.17) is 15.2 Å². The molecule has 0 radical (unpaired) electrons. The maximum absolute atomic E-state index is 12.9. The van der Waals surface area contributed by atoms with E-state index in [1.165, 1.54) is 0 Å². The number of nitrogens with two attached hydrogens (primary N) is 1. The van der Waals surface area contributed by atoms with Gasteiger partial charge in [0.25, 0.3) is 5.91 Å². The molecule has 2 unspecified atom stereocenters. The van der Waals surface area contributed by atoms with Crippen molar-refractivity contribution in [3.8, 4) is 34.4 Å². The largest absolute Gasteiger partial charge is 0.491 e. The van der Waals surface area contributed by atoms with Gasteiger partial charge in [0.15, 0.2) is 11.4 Å². The fourth-order valence-electron chi connectivity index (χ4n) is 4.40. The summed E-state index contributed by atoms with van der Waals surface area (Å²) in [7, 11) is 0. The first kappa shape index (κ1) is 21.3. The number of carbonyl (C=O) groups excluding carboxylic acids is 1. The Kier molecular flexibility index (Phi) is 4.66. The van der Waals surface area contributed by atoms with Crippen LogP contribution in [0.15, 0.2) is 30.7 Å². The molecule has 1 aliphatic carbocycles. The Labute approximate surface area is 186 Å². The van der Waals surface area contributed by atoms with Gasteiger partial charge in [-0.15, -0.1) is 0 Å². The first-order valence-electron chi connectivity index (χ1n) is 10.4. The van der Waals surface area contributed by atoms with E-state index in [9.17, 15) is 18.0 Å². The molecule has 33 heavy (non-hydrogen) atoms. The molecule has 1 aromatic carbocycles. The molecule has 1 amide bonds. The van der Waals surface area contributed by atoms with Gasteiger partial charge in [0.1, 0.15) is 42.5 Å². The van der Waals surface area contributed by atoms with E-state index in [0.717, 1.165) is 11.0 Å². The Morgan fingerprint density at radius 2 is 2.06 bits per heavy atom. The Bertz CT molecular complexity index is 1230. The zero-order valence-electron chi connectivity index (χ0n) is 17.8. The lowest BCUT2D eigenvalue weighted by atomic mass is 10.1. The van der Waals surface area contributed by atoms with E-state index in [0.29, 0.717) is 36.0 Å². The molecule has 1 fully saturated rings. The third kappa shape index (κ3) is 3.49. The zero-order valence-corrected chi connectivity index (χ0v) is 17.8. The normalized spacial score (nSPS) is 23.8. The standard InChI is InChI=1S/C21H21F3N6O3/c1-11-12(2)21(11,19(25)31)33-13-3-4-14-16(7-13)32-6-5-29-8-15(28-17(14)29)18-26-10-27-30(18)9-20(22,23)24/h3-4,7-8,10-12H,5-6,9H2,1-2H3,(H2,25,31). The molecule has 0 bridgehead atoms. The number of benzene rings is 1. The fraction of sp³-hybridized carbons (Fsp3) is 0.429. The van der Waals surface area contributed by atoms with Crippen molar-refractivity contribution in [3.05, 3.63) is 30.7 Å². The highest BCUT2D eigenvalue weighted by Crippen LogP contribution is 2.53. The zero-order chi connectivity index (χ0) is 23.5. The number of carbonyl (C=O) groups is 1. The van der Waals surface area contributed by atoms with Crippen molar-refractivity contribution >= 4 is 5.91 Å². The summed E-state index contributed by atoms with van der Waals surface area (Å²) in [5.41, 5.74) is 5.46. The van der Waals surface area contributed by atoms with Gasteiger partial charge < -0.3 is 19.8 Å². The van der Waals surface area contributed by atoms with Crippen molar-refractivity contribution in [1.29, 1.82) is 0 Å². The van der Waals surface area contributed by atoms with Gasteiger partial charge in [-0.2, -0.15) is 18.3 Å². The van der Waals surface area contributed by atoms with Gasteiger partial charge in [-0.3, -0.25) is 4.79 Å². The van der Waals surface area contributed by atoms with Crippen LogP contribution in [0.4, 0.5) is 13.2 Å². The minimum atomic E-state index is -4.44. The number of primary amides is 1. The van der Waals surface area contributed by atoms with Crippen LogP contribution in [0.5, 0.6) is 11.5 Å². The molecule has 3 heterocycles. The summed E-state index contributed by atoms with van der Waals surface area (Å²) in [5.74, 6) is 0.936. The lowest BCUT2D eigenvalue weighted by Crippen LogP contribution is -2.39. The number of imidazole rings is 1. The summed E-state index contributed by atoms with van der Waals surface area (Å²) >= 11 is 0. The van der Waals surface area contributed by atoms with Crippen LogP contribution < -0.4 is 15.2 Å². The van der Waals surface area contributed by atoms with Crippen molar-refractivity contribution in [2.24, 2.45) is 17.6 Å². The first-order valence-corrected chi connectivity index (χ1v) is 10.4. The number of amides is 1. The topological polar surface area (TPSA) is 110 Å². The van der Waals surface area contributed by atoms with Gasteiger partial charge in [-0.05, 0) is 12.1 Å². The minimum Gasteiger partial charge on any atom is -0.491 e. The number of fused-ring (bicyclic) bond motifs is 3. The summed E-state index contributed by atoms with van der Waals surface area (Å²) in [4.78, 5) is 20.5. The number of alkyl halides is 3. The van der Waals surface area contributed by atoms with Gasteiger partial charge in [-0.1, -0.05) is 13.8 Å². The number of nitrogens with zero attached hydrogens (tertiary/aromatic N) is 5. The van der Waals surface area contributed by atoms with Gasteiger partial charge in [0.2, 0.25) is 0 Å². The lowest BCUT2D eigenvalue weighted by molar-refractivity contribution is -0.142. The Balaban J connectivity index is 1.48. The Morgan fingerprint density at radius 3 is 2.73 bits per heavy atom. The van der Waals surface area contributed by atoms with Crippen molar-refractivity contribution in [2.75, 3.05) is 6.61 Å². The van der Waals surface area contributed by atoms with E-state index >= 15 is 0 Å². The molecule has 2 aliphatic rings. The van der Waals surface area contributed by atoms with Gasteiger partial charge in [0.05, 0.1) is 12.1 Å². The Morgan fingerprint density at radius 1 is 1.30 bits per heavy atom. The molecular weight excluding hydrogens is 441 g/mol. The molecule has 12 heteroatoms. The average molecular weight is 462 g/mol. The van der Waals surface area contributed by atoms with E-state index in [-0.39, 0.29) is 23.4 Å². The number of hydrogen-bond donors (Lipinski definition) is 1. The molecule has 3 aromatic rings. The fourth-order valence-corrected chi connectivity index (χ4v) is 4.40. The summed E-state index contributed by atoms with van der Waals surface area (Å²) in [6, 6.07) is 5.11. The molecule has 9 nitrogen and oxygen atoms in total. The quantitative estimate of drug-likeness (QED) is 0.624. The van der Waals surface area contributed by atoms with Crippen LogP contribution in [0.1, 0.15) is 13.8 Å². The van der Waals surface area contributed by atoms with Crippen molar-refractivity contribution in [1.82, 2.24) is 24.3 Å². The smallest absolute Gasteiger partial charge is 0.408 e. The number of halogens is 3. The van der Waals surface area contributed by atoms with E-state index in [2.05, 4.69) is 15.1 Å². The van der Waals surface area contributed by atoms with E-state index < -0.39 is 24.2 Å².